The Morgan fingerprint density at radius 2 is 2.00 bits per heavy atom. The second-order valence-electron chi connectivity index (χ2n) is 2.76. The Labute approximate surface area is 55.9 Å². The molecule has 0 radical (unpaired) electrons. The van der Waals surface area contributed by atoms with Crippen molar-refractivity contribution < 1.29 is 9.90 Å². The second kappa shape index (κ2) is 3.62. The van der Waals surface area contributed by atoms with Crippen LogP contribution in [0.3, 0.4) is 0 Å². The maximum atomic E-state index is 10.4. The van der Waals surface area contributed by atoms with Crippen LogP contribution >= 0.6 is 0 Å². The third-order valence-electron chi connectivity index (χ3n) is 1.16. The molecule has 2 nitrogen and oxygen atoms in total. The van der Waals surface area contributed by atoms with Gasteiger partial charge in [0.25, 0.3) is 0 Å². The molecule has 0 saturated carbocycles. The molecule has 1 atom stereocenters. The topological polar surface area (TPSA) is 37.3 Å². The van der Waals surface area contributed by atoms with Crippen LogP contribution in [0.15, 0.2) is 0 Å². The number of hydrogen-bond donors (Lipinski definition) is 1. The van der Waals surface area contributed by atoms with Crippen LogP contribution < -0.4 is 0 Å². The van der Waals surface area contributed by atoms with Crippen LogP contribution in [0.2, 0.25) is 0 Å². The standard InChI is InChI=1S/C7H14O2/c1-5(2)4-7(9)6(3)8/h5,7,9H,4H2,1-3H3/t7-/m1/s1. The molecule has 0 spiro atoms. The van der Waals surface area contributed by atoms with E-state index in [0.717, 1.165) is 0 Å². The molecule has 0 aromatic carbocycles. The first-order chi connectivity index (χ1) is 4.04. The van der Waals surface area contributed by atoms with Gasteiger partial charge in [0.05, 0.1) is 0 Å². The Morgan fingerprint density at radius 1 is 1.56 bits per heavy atom. The van der Waals surface area contributed by atoms with E-state index in [2.05, 4.69) is 0 Å². The molecule has 0 aromatic rings. The number of aliphatic hydroxyl groups excluding tert-OH is 1. The van der Waals surface area contributed by atoms with Crippen molar-refractivity contribution in [2.24, 2.45) is 5.92 Å². The minimum Gasteiger partial charge on any atom is -0.385 e. The minimum atomic E-state index is -0.745. The van der Waals surface area contributed by atoms with Crippen LogP contribution in [0.25, 0.3) is 0 Å². The summed E-state index contributed by atoms with van der Waals surface area (Å²) in [5, 5.41) is 8.95. The molecule has 0 unspecified atom stereocenters. The van der Waals surface area contributed by atoms with Gasteiger partial charge in [-0.3, -0.25) is 4.79 Å². The lowest BCUT2D eigenvalue weighted by atomic mass is 10.0. The quantitative estimate of drug-likeness (QED) is 0.618. The highest BCUT2D eigenvalue weighted by atomic mass is 16.3. The van der Waals surface area contributed by atoms with Gasteiger partial charge in [0.15, 0.2) is 5.78 Å². The molecule has 0 aliphatic heterocycles. The number of carbonyl (C=O) groups is 1. The first kappa shape index (κ1) is 8.63. The van der Waals surface area contributed by atoms with Gasteiger partial charge in [-0.15, -0.1) is 0 Å². The van der Waals surface area contributed by atoms with Crippen molar-refractivity contribution in [1.29, 1.82) is 0 Å². The molecule has 9 heavy (non-hydrogen) atoms. The molecule has 0 aromatic heterocycles. The summed E-state index contributed by atoms with van der Waals surface area (Å²) in [5.41, 5.74) is 0. The molecule has 0 amide bonds. The third-order valence-corrected chi connectivity index (χ3v) is 1.16. The van der Waals surface area contributed by atoms with Gasteiger partial charge in [-0.25, -0.2) is 0 Å². The summed E-state index contributed by atoms with van der Waals surface area (Å²) in [5.74, 6) is 0.257. The number of carbonyl (C=O) groups excluding carboxylic acids is 1. The first-order valence-corrected chi connectivity index (χ1v) is 3.22. The maximum Gasteiger partial charge on any atom is 0.158 e. The van der Waals surface area contributed by atoms with Crippen molar-refractivity contribution in [3.8, 4) is 0 Å². The molecule has 0 aliphatic carbocycles. The molecule has 0 bridgehead atoms. The molecule has 0 fully saturated rings. The Hall–Kier alpha value is -0.370. The summed E-state index contributed by atoms with van der Waals surface area (Å²) in [6.45, 7) is 5.37. The van der Waals surface area contributed by atoms with Crippen LogP contribution in [0.4, 0.5) is 0 Å². The predicted molar refractivity (Wildman–Crippen MR) is 36.1 cm³/mol. The highest BCUT2D eigenvalue weighted by molar-refractivity contribution is 5.80. The number of Topliss-reactive ketones (excluding diaryl/α,β-unsaturated/α-hetero) is 1. The SMILES string of the molecule is CC(=O)[C@H](O)CC(C)C. The normalized spacial score (nSPS) is 13.9. The molecule has 54 valence electrons. The molecular formula is C7H14O2. The highest BCUT2D eigenvalue weighted by Gasteiger charge is 2.10. The van der Waals surface area contributed by atoms with Gasteiger partial charge in [0.2, 0.25) is 0 Å². The summed E-state index contributed by atoms with van der Waals surface area (Å²) in [7, 11) is 0. The van der Waals surface area contributed by atoms with Crippen molar-refractivity contribution >= 4 is 5.78 Å². The maximum absolute atomic E-state index is 10.4. The van der Waals surface area contributed by atoms with Crippen molar-refractivity contribution in [3.63, 3.8) is 0 Å². The van der Waals surface area contributed by atoms with Crippen LogP contribution in [0, 0.1) is 5.92 Å². The van der Waals surface area contributed by atoms with Gasteiger partial charge < -0.3 is 5.11 Å². The van der Waals surface area contributed by atoms with E-state index in [1.54, 1.807) is 0 Å². The third kappa shape index (κ3) is 4.15. The Balaban J connectivity index is 3.50. The van der Waals surface area contributed by atoms with E-state index >= 15 is 0 Å². The van der Waals surface area contributed by atoms with Gasteiger partial charge in [-0.05, 0) is 19.3 Å². The van der Waals surface area contributed by atoms with E-state index in [1.165, 1.54) is 6.92 Å². The number of rotatable bonds is 3. The summed E-state index contributed by atoms with van der Waals surface area (Å²) in [4.78, 5) is 10.4. The lowest BCUT2D eigenvalue weighted by molar-refractivity contribution is -0.125. The Kier molecular flexibility index (Phi) is 3.47. The fraction of sp³-hybridized carbons (Fsp3) is 0.857. The van der Waals surface area contributed by atoms with E-state index in [9.17, 15) is 4.79 Å². The van der Waals surface area contributed by atoms with E-state index in [4.69, 9.17) is 5.11 Å². The van der Waals surface area contributed by atoms with E-state index in [0.29, 0.717) is 12.3 Å². The Bertz CT molecular complexity index is 97.1. The van der Waals surface area contributed by atoms with Crippen LogP contribution in [0.5, 0.6) is 0 Å². The average molecular weight is 130 g/mol. The monoisotopic (exact) mass is 130 g/mol. The number of aliphatic hydroxyl groups is 1. The van der Waals surface area contributed by atoms with Crippen LogP contribution in [0.1, 0.15) is 27.2 Å². The highest BCUT2D eigenvalue weighted by Crippen LogP contribution is 2.04. The van der Waals surface area contributed by atoms with Crippen LogP contribution in [-0.2, 0) is 4.79 Å². The second-order valence-corrected chi connectivity index (χ2v) is 2.76. The van der Waals surface area contributed by atoms with Gasteiger partial charge in [0.1, 0.15) is 6.10 Å². The van der Waals surface area contributed by atoms with Crippen molar-refractivity contribution in [3.05, 3.63) is 0 Å². The van der Waals surface area contributed by atoms with E-state index in [1.807, 2.05) is 13.8 Å². The minimum absolute atomic E-state index is 0.135. The molecule has 0 saturated heterocycles. The summed E-state index contributed by atoms with van der Waals surface area (Å²) in [6, 6.07) is 0. The summed E-state index contributed by atoms with van der Waals surface area (Å²) in [6.07, 6.45) is -0.167. The molecular weight excluding hydrogens is 116 g/mol. The van der Waals surface area contributed by atoms with Gasteiger partial charge in [-0.1, -0.05) is 13.8 Å². The Morgan fingerprint density at radius 3 is 2.11 bits per heavy atom. The molecule has 1 N–H and O–H groups in total. The predicted octanol–water partition coefficient (Wildman–Crippen LogP) is 0.982. The fourth-order valence-electron chi connectivity index (χ4n) is 0.612. The number of hydrogen-bond acceptors (Lipinski definition) is 2. The van der Waals surface area contributed by atoms with Gasteiger partial charge in [-0.2, -0.15) is 0 Å². The average Bonchev–Trinajstić information content (AvgIpc) is 1.63. The largest absolute Gasteiger partial charge is 0.385 e. The summed E-state index contributed by atoms with van der Waals surface area (Å²) >= 11 is 0. The lowest BCUT2D eigenvalue weighted by Gasteiger charge is -2.07. The molecule has 0 rings (SSSR count). The number of ketones is 1. The van der Waals surface area contributed by atoms with Gasteiger partial charge in [0, 0.05) is 0 Å². The van der Waals surface area contributed by atoms with Crippen molar-refractivity contribution in [2.75, 3.05) is 0 Å². The van der Waals surface area contributed by atoms with Gasteiger partial charge >= 0.3 is 0 Å². The smallest absolute Gasteiger partial charge is 0.158 e. The first-order valence-electron chi connectivity index (χ1n) is 3.22. The zero-order chi connectivity index (χ0) is 7.44. The van der Waals surface area contributed by atoms with Crippen molar-refractivity contribution in [2.45, 2.75) is 33.3 Å². The zero-order valence-corrected chi connectivity index (χ0v) is 6.22. The zero-order valence-electron chi connectivity index (χ0n) is 6.22. The molecule has 0 heterocycles. The van der Waals surface area contributed by atoms with E-state index in [-0.39, 0.29) is 5.78 Å². The lowest BCUT2D eigenvalue weighted by Crippen LogP contribution is -2.18. The molecule has 0 aliphatic rings. The summed E-state index contributed by atoms with van der Waals surface area (Å²) < 4.78 is 0. The van der Waals surface area contributed by atoms with E-state index < -0.39 is 6.10 Å². The van der Waals surface area contributed by atoms with Crippen molar-refractivity contribution in [1.82, 2.24) is 0 Å². The molecule has 2 heteroatoms. The van der Waals surface area contributed by atoms with Crippen LogP contribution in [-0.4, -0.2) is 17.0 Å². The fourth-order valence-corrected chi connectivity index (χ4v) is 0.612.